The summed E-state index contributed by atoms with van der Waals surface area (Å²) >= 11 is 6.05. The highest BCUT2D eigenvalue weighted by molar-refractivity contribution is 6.31. The van der Waals surface area contributed by atoms with Crippen molar-refractivity contribution >= 4 is 34.4 Å². The van der Waals surface area contributed by atoms with Crippen LogP contribution in [0.1, 0.15) is 6.42 Å². The lowest BCUT2D eigenvalue weighted by Gasteiger charge is -2.25. The van der Waals surface area contributed by atoms with E-state index in [4.69, 9.17) is 16.3 Å². The predicted octanol–water partition coefficient (Wildman–Crippen LogP) is 2.95. The summed E-state index contributed by atoms with van der Waals surface area (Å²) in [5.74, 6) is 0.0318. The predicted molar refractivity (Wildman–Crippen MR) is 108 cm³/mol. The number of aromatic amines is 1. The molecule has 3 aromatic rings. The fourth-order valence-corrected chi connectivity index (χ4v) is 3.73. The smallest absolute Gasteiger partial charge is 0.380 e. The van der Waals surface area contributed by atoms with Gasteiger partial charge in [-0.1, -0.05) is 11.6 Å². The van der Waals surface area contributed by atoms with Crippen LogP contribution in [0.5, 0.6) is 0 Å². The molecule has 4 heterocycles. The molecule has 31 heavy (non-hydrogen) atoms. The van der Waals surface area contributed by atoms with Crippen LogP contribution in [-0.4, -0.2) is 64.4 Å². The van der Waals surface area contributed by atoms with Gasteiger partial charge in [-0.2, -0.15) is 13.2 Å². The molecule has 12 heteroatoms. The fraction of sp³-hybridized carbons (Fsp3) is 0.368. The average molecular weight is 455 g/mol. The summed E-state index contributed by atoms with van der Waals surface area (Å²) in [6.07, 6.45) is 0.164. The molecule has 8 nitrogen and oxygen atoms in total. The van der Waals surface area contributed by atoms with Gasteiger partial charge in [0, 0.05) is 49.6 Å². The van der Waals surface area contributed by atoms with Crippen molar-refractivity contribution in [2.75, 3.05) is 25.1 Å². The third-order valence-electron chi connectivity index (χ3n) is 5.04. The molecule has 1 aliphatic heterocycles. The Hall–Kier alpha value is -2.92. The zero-order valence-electron chi connectivity index (χ0n) is 16.3. The summed E-state index contributed by atoms with van der Waals surface area (Å²) in [6, 6.07) is 2.48. The second-order valence-corrected chi connectivity index (χ2v) is 7.52. The van der Waals surface area contributed by atoms with Crippen molar-refractivity contribution in [3.05, 3.63) is 35.7 Å². The Kier molecular flexibility index (Phi) is 5.71. The highest BCUT2D eigenvalue weighted by Crippen LogP contribution is 2.30. The number of nitrogens with one attached hydrogen (secondary N) is 2. The summed E-state index contributed by atoms with van der Waals surface area (Å²) in [5, 5.41) is 3.12. The minimum atomic E-state index is -4.49. The first-order valence-electron chi connectivity index (χ1n) is 9.35. The van der Waals surface area contributed by atoms with E-state index in [2.05, 4.69) is 19.9 Å². The molecule has 0 aromatic carbocycles. The first-order valence-corrected chi connectivity index (χ1v) is 9.73. The molecule has 1 aliphatic rings. The number of carbonyl (C=O) groups excluding carboxylic acids is 1. The zero-order valence-corrected chi connectivity index (χ0v) is 17.0. The van der Waals surface area contributed by atoms with E-state index in [1.54, 1.807) is 23.2 Å². The Labute approximate surface area is 179 Å². The van der Waals surface area contributed by atoms with Crippen molar-refractivity contribution in [2.24, 2.45) is 0 Å². The Morgan fingerprint density at radius 3 is 2.97 bits per heavy atom. The number of H-pyrrole nitrogens is 1. The van der Waals surface area contributed by atoms with Gasteiger partial charge in [0.1, 0.15) is 24.1 Å². The molecule has 0 aliphatic carbocycles. The first-order chi connectivity index (χ1) is 14.7. The standard InChI is InChI=1S/C19H18ClF3N6O2/c1-31-11-5-14(18(30)27-9-19(21,22)23)29(8-11)15-2-3-24-17(28-15)13-7-26-16-12(13)4-10(20)6-25-16/h2-4,6-7,11,14H,5,8-9H2,1H3,(H,25,26)(H,27,30)/t11-,14+/m0/s1. The number of alkyl halides is 3. The van der Waals surface area contributed by atoms with Crippen molar-refractivity contribution < 1.29 is 22.7 Å². The van der Waals surface area contributed by atoms with E-state index in [1.807, 2.05) is 5.32 Å². The highest BCUT2D eigenvalue weighted by atomic mass is 35.5. The number of anilines is 1. The van der Waals surface area contributed by atoms with Crippen LogP contribution in [0.15, 0.2) is 30.7 Å². The van der Waals surface area contributed by atoms with Gasteiger partial charge >= 0.3 is 6.18 Å². The van der Waals surface area contributed by atoms with Gasteiger partial charge in [0.25, 0.3) is 0 Å². The Bertz CT molecular complexity index is 1110. The monoisotopic (exact) mass is 454 g/mol. The summed E-state index contributed by atoms with van der Waals surface area (Å²) in [6.45, 7) is -1.09. The Morgan fingerprint density at radius 1 is 1.42 bits per heavy atom. The van der Waals surface area contributed by atoms with Crippen molar-refractivity contribution in [2.45, 2.75) is 24.7 Å². The van der Waals surface area contributed by atoms with Crippen molar-refractivity contribution in [3.8, 4) is 11.4 Å². The van der Waals surface area contributed by atoms with E-state index in [1.165, 1.54) is 19.5 Å². The number of halogens is 4. The number of amides is 1. The quantitative estimate of drug-likeness (QED) is 0.615. The van der Waals surface area contributed by atoms with E-state index in [-0.39, 0.29) is 12.5 Å². The van der Waals surface area contributed by atoms with Gasteiger partial charge in [-0.15, -0.1) is 0 Å². The number of hydrogen-bond acceptors (Lipinski definition) is 6. The number of carbonyl (C=O) groups is 1. The largest absolute Gasteiger partial charge is 0.405 e. The number of nitrogens with zero attached hydrogens (tertiary/aromatic N) is 4. The van der Waals surface area contributed by atoms with E-state index in [9.17, 15) is 18.0 Å². The maximum Gasteiger partial charge on any atom is 0.405 e. The van der Waals surface area contributed by atoms with Crippen LogP contribution < -0.4 is 10.2 Å². The van der Waals surface area contributed by atoms with Crippen LogP contribution in [-0.2, 0) is 9.53 Å². The van der Waals surface area contributed by atoms with Crippen LogP contribution in [0.4, 0.5) is 19.0 Å². The van der Waals surface area contributed by atoms with E-state index in [0.717, 1.165) is 5.39 Å². The number of pyridine rings is 1. The lowest BCUT2D eigenvalue weighted by Crippen LogP contribution is -2.46. The van der Waals surface area contributed by atoms with Crippen molar-refractivity contribution in [3.63, 3.8) is 0 Å². The maximum absolute atomic E-state index is 12.5. The SMILES string of the molecule is CO[C@H]1C[C@H](C(=O)NCC(F)(F)F)N(c2ccnc(-c3c[nH]c4ncc(Cl)cc34)n2)C1. The third kappa shape index (κ3) is 4.57. The van der Waals surface area contributed by atoms with E-state index < -0.39 is 24.7 Å². The van der Waals surface area contributed by atoms with Crippen LogP contribution in [0.25, 0.3) is 22.4 Å². The third-order valence-corrected chi connectivity index (χ3v) is 5.24. The molecule has 0 bridgehead atoms. The molecular formula is C19H18ClF3N6O2. The lowest BCUT2D eigenvalue weighted by molar-refractivity contribution is -0.139. The topological polar surface area (TPSA) is 96.0 Å². The average Bonchev–Trinajstić information content (AvgIpc) is 3.35. The first kappa shape index (κ1) is 21.3. The van der Waals surface area contributed by atoms with E-state index >= 15 is 0 Å². The lowest BCUT2D eigenvalue weighted by atomic mass is 10.2. The number of aromatic nitrogens is 4. The van der Waals surface area contributed by atoms with Crippen molar-refractivity contribution in [1.29, 1.82) is 0 Å². The summed E-state index contributed by atoms with van der Waals surface area (Å²) in [7, 11) is 1.49. The summed E-state index contributed by atoms with van der Waals surface area (Å²) in [4.78, 5) is 30.2. The molecule has 2 N–H and O–H groups in total. The van der Waals surface area contributed by atoms with Gasteiger partial charge in [0.15, 0.2) is 5.82 Å². The fourth-order valence-electron chi connectivity index (χ4n) is 3.58. The second-order valence-electron chi connectivity index (χ2n) is 7.09. The molecule has 2 atom stereocenters. The van der Waals surface area contributed by atoms with Gasteiger partial charge in [0.05, 0.1) is 11.1 Å². The minimum Gasteiger partial charge on any atom is -0.380 e. The number of rotatable bonds is 5. The second kappa shape index (κ2) is 8.31. The van der Waals surface area contributed by atoms with E-state index in [0.29, 0.717) is 34.4 Å². The molecule has 1 saturated heterocycles. The van der Waals surface area contributed by atoms with Gasteiger partial charge in [-0.25, -0.2) is 15.0 Å². The van der Waals surface area contributed by atoms with Crippen LogP contribution >= 0.6 is 11.6 Å². The van der Waals surface area contributed by atoms with Crippen LogP contribution in [0.2, 0.25) is 5.02 Å². The number of hydrogen-bond donors (Lipinski definition) is 2. The highest BCUT2D eigenvalue weighted by Gasteiger charge is 2.39. The Morgan fingerprint density at radius 2 is 2.23 bits per heavy atom. The van der Waals surface area contributed by atoms with Crippen LogP contribution in [0.3, 0.4) is 0 Å². The van der Waals surface area contributed by atoms with Crippen LogP contribution in [0, 0.1) is 0 Å². The maximum atomic E-state index is 12.5. The molecule has 0 saturated carbocycles. The minimum absolute atomic E-state index is 0.242. The van der Waals surface area contributed by atoms with Gasteiger partial charge in [0.2, 0.25) is 5.91 Å². The number of ether oxygens (including phenoxy) is 1. The molecule has 4 rings (SSSR count). The molecule has 1 amide bonds. The van der Waals surface area contributed by atoms with Crippen molar-refractivity contribution in [1.82, 2.24) is 25.3 Å². The summed E-state index contributed by atoms with van der Waals surface area (Å²) < 4.78 is 43.0. The zero-order chi connectivity index (χ0) is 22.2. The summed E-state index contributed by atoms with van der Waals surface area (Å²) in [5.41, 5.74) is 1.27. The normalized spacial score (nSPS) is 19.2. The molecule has 0 unspecified atom stereocenters. The number of methoxy groups -OCH3 is 1. The Balaban J connectivity index is 1.64. The molecule has 0 spiro atoms. The van der Waals surface area contributed by atoms with Gasteiger partial charge < -0.3 is 19.9 Å². The van der Waals surface area contributed by atoms with Gasteiger partial charge in [-0.3, -0.25) is 4.79 Å². The van der Waals surface area contributed by atoms with Gasteiger partial charge in [-0.05, 0) is 12.1 Å². The molecule has 1 fully saturated rings. The number of fused-ring (bicyclic) bond motifs is 1. The molecule has 0 radical (unpaired) electrons. The molecule has 164 valence electrons. The molecular weight excluding hydrogens is 437 g/mol. The molecule has 3 aromatic heterocycles.